The summed E-state index contributed by atoms with van der Waals surface area (Å²) in [5, 5.41) is 54.3. The molecule has 126 valence electrons. The van der Waals surface area contributed by atoms with Crippen LogP contribution in [0.1, 0.15) is 5.56 Å². The third-order valence-corrected chi connectivity index (χ3v) is 4.60. The van der Waals surface area contributed by atoms with Crippen LogP contribution >= 0.6 is 0 Å². The molecule has 0 aliphatic heterocycles. The van der Waals surface area contributed by atoms with Crippen LogP contribution in [0.25, 0.3) is 22.4 Å². The van der Waals surface area contributed by atoms with Gasteiger partial charge in [0.2, 0.25) is 5.79 Å². The predicted octanol–water partition coefficient (Wildman–Crippen LogP) is 0.286. The first kappa shape index (κ1) is 15.7. The first-order valence-electron chi connectivity index (χ1n) is 7.80. The van der Waals surface area contributed by atoms with Crippen molar-refractivity contribution >= 4 is 22.4 Å². The molecule has 0 radical (unpaired) electrons. The van der Waals surface area contributed by atoms with Gasteiger partial charge in [-0.15, -0.1) is 0 Å². The molecule has 0 heterocycles. The van der Waals surface area contributed by atoms with Gasteiger partial charge in [-0.1, -0.05) is 48.5 Å². The zero-order valence-electron chi connectivity index (χ0n) is 13.1. The topological polar surface area (TPSA) is 101 Å². The number of aromatic hydroxyl groups is 2. The van der Waals surface area contributed by atoms with Crippen molar-refractivity contribution in [2.24, 2.45) is 0 Å². The van der Waals surface area contributed by atoms with Gasteiger partial charge >= 0.3 is 0 Å². The Kier molecular flexibility index (Phi) is 3.33. The van der Waals surface area contributed by atoms with Crippen molar-refractivity contribution in [2.75, 3.05) is 0 Å². The highest BCUT2D eigenvalue weighted by molar-refractivity contribution is 5.99. The van der Waals surface area contributed by atoms with Gasteiger partial charge in [0.25, 0.3) is 0 Å². The molecule has 0 fully saturated rings. The van der Waals surface area contributed by atoms with Crippen molar-refractivity contribution in [3.05, 3.63) is 70.6 Å². The first-order valence-corrected chi connectivity index (χ1v) is 7.80. The SMILES string of the molecule is Oc1cc2ccccc2c(C2=c3ccccc3=CC(O)C2(O)O)c1O. The summed E-state index contributed by atoms with van der Waals surface area (Å²) in [6.45, 7) is 0. The monoisotopic (exact) mass is 336 g/mol. The third kappa shape index (κ3) is 2.21. The second-order valence-corrected chi connectivity index (χ2v) is 6.14. The Balaban J connectivity index is 2.27. The average molecular weight is 336 g/mol. The van der Waals surface area contributed by atoms with Crippen LogP contribution in [0.15, 0.2) is 54.6 Å². The minimum absolute atomic E-state index is 0.0531. The van der Waals surface area contributed by atoms with E-state index in [-0.39, 0.29) is 16.9 Å². The number of aliphatic hydroxyl groups is 3. The van der Waals surface area contributed by atoms with Crippen LogP contribution in [0.4, 0.5) is 0 Å². The lowest BCUT2D eigenvalue weighted by atomic mass is 9.84. The molecule has 1 atom stereocenters. The molecule has 1 aliphatic rings. The summed E-state index contributed by atoms with van der Waals surface area (Å²) in [6, 6.07) is 15.3. The number of phenols is 2. The maximum Gasteiger partial charge on any atom is 0.222 e. The molecule has 5 N–H and O–H groups in total. The molecule has 3 aromatic rings. The van der Waals surface area contributed by atoms with Gasteiger partial charge in [0.05, 0.1) is 0 Å². The lowest BCUT2D eigenvalue weighted by Gasteiger charge is -2.32. The summed E-state index contributed by atoms with van der Waals surface area (Å²) in [4.78, 5) is 0. The fourth-order valence-electron chi connectivity index (χ4n) is 3.40. The van der Waals surface area contributed by atoms with Crippen molar-refractivity contribution in [1.29, 1.82) is 0 Å². The van der Waals surface area contributed by atoms with Gasteiger partial charge < -0.3 is 25.5 Å². The Hall–Kier alpha value is -2.86. The van der Waals surface area contributed by atoms with Crippen LogP contribution in [0.3, 0.4) is 0 Å². The Morgan fingerprint density at radius 1 is 0.880 bits per heavy atom. The minimum Gasteiger partial charge on any atom is -0.504 e. The molecule has 3 aromatic carbocycles. The molecule has 5 nitrogen and oxygen atoms in total. The molecular weight excluding hydrogens is 320 g/mol. The Morgan fingerprint density at radius 2 is 1.56 bits per heavy atom. The van der Waals surface area contributed by atoms with E-state index in [1.54, 1.807) is 48.5 Å². The van der Waals surface area contributed by atoms with Gasteiger partial charge in [-0.05, 0) is 33.4 Å². The van der Waals surface area contributed by atoms with Crippen LogP contribution in [0.5, 0.6) is 11.5 Å². The molecule has 25 heavy (non-hydrogen) atoms. The number of aliphatic hydroxyl groups excluding tert-OH is 1. The molecule has 0 saturated heterocycles. The van der Waals surface area contributed by atoms with E-state index in [0.29, 0.717) is 21.2 Å². The minimum atomic E-state index is -2.62. The summed E-state index contributed by atoms with van der Waals surface area (Å²) in [7, 11) is 0. The zero-order valence-corrected chi connectivity index (χ0v) is 13.1. The number of benzene rings is 3. The van der Waals surface area contributed by atoms with Crippen molar-refractivity contribution in [3.8, 4) is 11.5 Å². The van der Waals surface area contributed by atoms with Gasteiger partial charge in [-0.2, -0.15) is 0 Å². The normalized spacial score (nSPS) is 18.7. The van der Waals surface area contributed by atoms with Gasteiger partial charge in [-0.3, -0.25) is 0 Å². The third-order valence-electron chi connectivity index (χ3n) is 4.60. The Morgan fingerprint density at radius 3 is 2.36 bits per heavy atom. The second kappa shape index (κ2) is 5.32. The molecule has 0 amide bonds. The van der Waals surface area contributed by atoms with Gasteiger partial charge in [0, 0.05) is 11.1 Å². The van der Waals surface area contributed by atoms with Gasteiger partial charge in [-0.25, -0.2) is 0 Å². The zero-order chi connectivity index (χ0) is 17.8. The van der Waals surface area contributed by atoms with Crippen LogP contribution in [0, 0.1) is 0 Å². The quantitative estimate of drug-likeness (QED) is 0.325. The van der Waals surface area contributed by atoms with Crippen molar-refractivity contribution in [1.82, 2.24) is 0 Å². The molecule has 0 saturated carbocycles. The molecule has 5 heteroatoms. The molecule has 4 rings (SSSR count). The van der Waals surface area contributed by atoms with Gasteiger partial charge in [0.15, 0.2) is 11.5 Å². The summed E-state index contributed by atoms with van der Waals surface area (Å²) in [6.07, 6.45) is -0.237. The smallest absolute Gasteiger partial charge is 0.222 e. The van der Waals surface area contributed by atoms with Crippen LogP contribution in [0.2, 0.25) is 0 Å². The Bertz CT molecular complexity index is 1110. The summed E-state index contributed by atoms with van der Waals surface area (Å²) < 4.78 is 0. The van der Waals surface area contributed by atoms with E-state index in [4.69, 9.17) is 0 Å². The summed E-state index contributed by atoms with van der Waals surface area (Å²) in [5.74, 6) is -3.47. The van der Waals surface area contributed by atoms with E-state index in [9.17, 15) is 25.5 Å². The highest BCUT2D eigenvalue weighted by Crippen LogP contribution is 2.42. The van der Waals surface area contributed by atoms with Crippen molar-refractivity contribution in [3.63, 3.8) is 0 Å². The highest BCUT2D eigenvalue weighted by atomic mass is 16.5. The second-order valence-electron chi connectivity index (χ2n) is 6.14. The number of phenolic OH excluding ortho intramolecular Hbond substituents is 2. The maximum atomic E-state index is 10.6. The fraction of sp³-hybridized carbons (Fsp3) is 0.100. The van der Waals surface area contributed by atoms with E-state index < -0.39 is 17.6 Å². The van der Waals surface area contributed by atoms with E-state index in [1.165, 1.54) is 12.1 Å². The van der Waals surface area contributed by atoms with Crippen molar-refractivity contribution in [2.45, 2.75) is 11.9 Å². The first-order chi connectivity index (χ1) is 11.9. The number of fused-ring (bicyclic) bond motifs is 2. The predicted molar refractivity (Wildman–Crippen MR) is 93.1 cm³/mol. The fourth-order valence-corrected chi connectivity index (χ4v) is 3.40. The molecule has 0 bridgehead atoms. The summed E-state index contributed by atoms with van der Waals surface area (Å²) in [5.41, 5.74) is 0.0305. The molecule has 1 aliphatic carbocycles. The summed E-state index contributed by atoms with van der Waals surface area (Å²) >= 11 is 0. The highest BCUT2D eigenvalue weighted by Gasteiger charge is 2.41. The standard InChI is InChI=1S/C20H16O5/c21-15-9-11-5-1-3-7-13(11)17(19(15)23)18-14-8-4-2-6-12(14)10-16(22)20(18,24)25/h1-10,16,21-25H. The van der Waals surface area contributed by atoms with E-state index >= 15 is 0 Å². The van der Waals surface area contributed by atoms with E-state index in [1.807, 2.05) is 0 Å². The van der Waals surface area contributed by atoms with E-state index in [2.05, 4.69) is 0 Å². The number of hydrogen-bond acceptors (Lipinski definition) is 5. The van der Waals surface area contributed by atoms with Crippen LogP contribution in [-0.2, 0) is 0 Å². The lowest BCUT2D eigenvalue weighted by Crippen LogP contribution is -2.51. The molecule has 1 unspecified atom stereocenters. The van der Waals surface area contributed by atoms with Crippen LogP contribution < -0.4 is 10.4 Å². The molecular formula is C20H16O5. The van der Waals surface area contributed by atoms with Crippen molar-refractivity contribution < 1.29 is 25.5 Å². The average Bonchev–Trinajstić information content (AvgIpc) is 2.59. The lowest BCUT2D eigenvalue weighted by molar-refractivity contribution is -0.160. The van der Waals surface area contributed by atoms with E-state index in [0.717, 1.165) is 0 Å². The molecule has 0 spiro atoms. The number of hydrogen-bond donors (Lipinski definition) is 5. The molecule has 0 aromatic heterocycles. The van der Waals surface area contributed by atoms with Gasteiger partial charge in [0.1, 0.15) is 6.10 Å². The number of rotatable bonds is 1. The largest absolute Gasteiger partial charge is 0.504 e. The maximum absolute atomic E-state index is 10.6. The van der Waals surface area contributed by atoms with Crippen LogP contribution in [-0.4, -0.2) is 37.4 Å². The Labute approximate surface area is 142 Å².